The first-order chi connectivity index (χ1) is 13.0. The molecular formula is C19H17NO6S. The number of carboxylic acids is 1. The van der Waals surface area contributed by atoms with Gasteiger partial charge in [0, 0.05) is 6.42 Å². The van der Waals surface area contributed by atoms with Gasteiger partial charge in [-0.1, -0.05) is 23.5 Å². The van der Waals surface area contributed by atoms with Crippen LogP contribution in [0.1, 0.15) is 20.8 Å². The van der Waals surface area contributed by atoms with Crippen molar-refractivity contribution in [2.75, 3.05) is 13.2 Å². The molecule has 0 aliphatic rings. The quantitative estimate of drug-likeness (QED) is 0.513. The Morgan fingerprint density at radius 1 is 0.963 bits per heavy atom. The Balaban J connectivity index is 1.45. The molecule has 0 fully saturated rings. The fourth-order valence-electron chi connectivity index (χ4n) is 2.37. The Labute approximate surface area is 158 Å². The van der Waals surface area contributed by atoms with E-state index in [9.17, 15) is 14.7 Å². The zero-order chi connectivity index (χ0) is 19.2. The topological polar surface area (TPSA) is 109 Å². The van der Waals surface area contributed by atoms with Crippen molar-refractivity contribution in [1.82, 2.24) is 4.98 Å². The summed E-state index contributed by atoms with van der Waals surface area (Å²) >= 11 is 0.989. The number of carbonyl (C=O) groups is 1. The number of nitrogens with one attached hydrogen (secondary N) is 1. The van der Waals surface area contributed by atoms with Gasteiger partial charge in [0.25, 0.3) is 0 Å². The Morgan fingerprint density at radius 2 is 1.52 bits per heavy atom. The lowest BCUT2D eigenvalue weighted by atomic mass is 10.1. The lowest BCUT2D eigenvalue weighted by Crippen LogP contribution is -2.09. The van der Waals surface area contributed by atoms with Gasteiger partial charge in [-0.2, -0.15) is 0 Å². The van der Waals surface area contributed by atoms with E-state index in [4.69, 9.17) is 14.6 Å². The summed E-state index contributed by atoms with van der Waals surface area (Å²) in [5, 5.41) is 18.5. The van der Waals surface area contributed by atoms with Crippen LogP contribution in [-0.2, 0) is 6.42 Å². The molecule has 7 nitrogen and oxygen atoms in total. The predicted octanol–water partition coefficient (Wildman–Crippen LogP) is 2.89. The van der Waals surface area contributed by atoms with Crippen LogP contribution in [0, 0.1) is 0 Å². The molecule has 0 atom stereocenters. The molecule has 1 aromatic heterocycles. The van der Waals surface area contributed by atoms with Gasteiger partial charge in [-0.15, -0.1) is 0 Å². The van der Waals surface area contributed by atoms with Crippen molar-refractivity contribution in [1.29, 1.82) is 0 Å². The summed E-state index contributed by atoms with van der Waals surface area (Å²) in [5.74, 6) is 0.187. The number of aromatic amines is 1. The molecule has 0 bridgehead atoms. The molecule has 0 amide bonds. The number of aromatic carboxylic acids is 1. The van der Waals surface area contributed by atoms with Crippen LogP contribution in [0.3, 0.4) is 0 Å². The fraction of sp³-hybridized carbons (Fsp3) is 0.158. The van der Waals surface area contributed by atoms with Crippen molar-refractivity contribution in [3.63, 3.8) is 0 Å². The number of ether oxygens (including phenoxy) is 2. The number of aromatic nitrogens is 1. The number of hydrogen-bond acceptors (Lipinski definition) is 6. The van der Waals surface area contributed by atoms with Crippen molar-refractivity contribution < 1.29 is 24.5 Å². The van der Waals surface area contributed by atoms with Gasteiger partial charge in [0.05, 0.1) is 10.4 Å². The van der Waals surface area contributed by atoms with Crippen LogP contribution in [0.2, 0.25) is 0 Å². The molecule has 0 saturated carbocycles. The van der Waals surface area contributed by atoms with Crippen LogP contribution in [0.5, 0.6) is 17.4 Å². The summed E-state index contributed by atoms with van der Waals surface area (Å²) < 4.78 is 11.1. The highest BCUT2D eigenvalue weighted by Gasteiger charge is 2.07. The van der Waals surface area contributed by atoms with E-state index in [0.29, 0.717) is 36.0 Å². The maximum absolute atomic E-state index is 11.2. The molecule has 3 N–H and O–H groups in total. The number of H-pyrrole nitrogens is 1. The van der Waals surface area contributed by atoms with Crippen LogP contribution in [0.4, 0.5) is 0 Å². The van der Waals surface area contributed by atoms with Gasteiger partial charge >= 0.3 is 10.8 Å². The largest absolute Gasteiger partial charge is 0.494 e. The molecule has 0 spiro atoms. The number of benzene rings is 2. The summed E-state index contributed by atoms with van der Waals surface area (Å²) in [6, 6.07) is 13.5. The van der Waals surface area contributed by atoms with Crippen LogP contribution >= 0.6 is 11.3 Å². The second kappa shape index (κ2) is 8.41. The van der Waals surface area contributed by atoms with Crippen molar-refractivity contribution in [2.45, 2.75) is 6.42 Å². The van der Waals surface area contributed by atoms with E-state index in [-0.39, 0.29) is 16.3 Å². The third-order valence-corrected chi connectivity index (χ3v) is 4.58. The lowest BCUT2D eigenvalue weighted by Gasteiger charge is -2.09. The number of carboxylic acid groups (broad SMARTS) is 1. The molecule has 1 heterocycles. The molecule has 2 aromatic carbocycles. The average molecular weight is 387 g/mol. The predicted molar refractivity (Wildman–Crippen MR) is 100 cm³/mol. The molecule has 0 radical (unpaired) electrons. The van der Waals surface area contributed by atoms with Gasteiger partial charge in [0.1, 0.15) is 24.7 Å². The minimum absolute atomic E-state index is 0.0844. The SMILES string of the molecule is O=C(O)c1ccc(OCCOc2ccc(Cc3sc(=O)[nH]c3O)cc2)cc1. The van der Waals surface area contributed by atoms with Gasteiger partial charge in [0.15, 0.2) is 0 Å². The Bertz CT molecular complexity index is 959. The van der Waals surface area contributed by atoms with E-state index >= 15 is 0 Å². The van der Waals surface area contributed by atoms with E-state index in [1.807, 2.05) is 24.3 Å². The molecule has 8 heteroatoms. The van der Waals surface area contributed by atoms with Crippen LogP contribution in [0.15, 0.2) is 53.3 Å². The minimum Gasteiger partial charge on any atom is -0.494 e. The fourth-order valence-corrected chi connectivity index (χ4v) is 3.13. The van der Waals surface area contributed by atoms with Crippen molar-refractivity contribution >= 4 is 17.3 Å². The Morgan fingerprint density at radius 3 is 2.00 bits per heavy atom. The zero-order valence-electron chi connectivity index (χ0n) is 14.2. The first-order valence-corrected chi connectivity index (χ1v) is 8.92. The molecule has 140 valence electrons. The minimum atomic E-state index is -0.978. The van der Waals surface area contributed by atoms with E-state index in [1.165, 1.54) is 12.1 Å². The summed E-state index contributed by atoms with van der Waals surface area (Å²) in [4.78, 5) is 24.6. The summed E-state index contributed by atoms with van der Waals surface area (Å²) in [5.41, 5.74) is 1.15. The van der Waals surface area contributed by atoms with Crippen LogP contribution < -0.4 is 14.3 Å². The molecule has 0 aliphatic heterocycles. The second-order valence-electron chi connectivity index (χ2n) is 5.63. The third kappa shape index (κ3) is 5.11. The van der Waals surface area contributed by atoms with Crippen LogP contribution in [-0.4, -0.2) is 34.4 Å². The standard InChI is InChI=1S/C19H17NO6S/c21-17-16(27-19(24)20-17)11-12-1-5-14(6-2-12)25-9-10-26-15-7-3-13(4-8-15)18(22)23/h1-8,21H,9-11H2,(H,20,24)(H,22,23). The van der Waals surface area contributed by atoms with Crippen molar-refractivity contribution in [2.24, 2.45) is 0 Å². The van der Waals surface area contributed by atoms with Crippen molar-refractivity contribution in [3.8, 4) is 17.4 Å². The molecule has 0 unspecified atom stereocenters. The van der Waals surface area contributed by atoms with Gasteiger partial charge in [-0.25, -0.2) is 4.79 Å². The number of thiazole rings is 1. The van der Waals surface area contributed by atoms with Gasteiger partial charge in [-0.3, -0.25) is 9.78 Å². The number of rotatable bonds is 8. The van der Waals surface area contributed by atoms with E-state index < -0.39 is 5.97 Å². The normalized spacial score (nSPS) is 10.5. The van der Waals surface area contributed by atoms with Gasteiger partial charge in [-0.05, 0) is 42.0 Å². The first-order valence-electron chi connectivity index (χ1n) is 8.10. The monoisotopic (exact) mass is 387 g/mol. The van der Waals surface area contributed by atoms with E-state index in [2.05, 4.69) is 4.98 Å². The smallest absolute Gasteiger partial charge is 0.335 e. The highest BCUT2D eigenvalue weighted by atomic mass is 32.1. The summed E-state index contributed by atoms with van der Waals surface area (Å²) in [7, 11) is 0. The summed E-state index contributed by atoms with van der Waals surface area (Å²) in [6.45, 7) is 0.652. The van der Waals surface area contributed by atoms with Gasteiger partial charge in [0.2, 0.25) is 5.88 Å². The van der Waals surface area contributed by atoms with Crippen LogP contribution in [0.25, 0.3) is 0 Å². The molecule has 27 heavy (non-hydrogen) atoms. The highest BCUT2D eigenvalue weighted by Crippen LogP contribution is 2.21. The molecule has 3 rings (SSSR count). The molecular weight excluding hydrogens is 370 g/mol. The number of aromatic hydroxyl groups is 1. The van der Waals surface area contributed by atoms with Crippen molar-refractivity contribution in [3.05, 3.63) is 74.2 Å². The maximum atomic E-state index is 11.2. The second-order valence-corrected chi connectivity index (χ2v) is 6.70. The zero-order valence-corrected chi connectivity index (χ0v) is 15.0. The summed E-state index contributed by atoms with van der Waals surface area (Å²) in [6.07, 6.45) is 0.463. The molecule has 0 aliphatic carbocycles. The Hall–Kier alpha value is -3.26. The molecule has 3 aromatic rings. The third-order valence-electron chi connectivity index (χ3n) is 3.71. The lowest BCUT2D eigenvalue weighted by molar-refractivity contribution is 0.0697. The Kier molecular flexibility index (Phi) is 5.77. The number of hydrogen-bond donors (Lipinski definition) is 3. The maximum Gasteiger partial charge on any atom is 0.335 e. The first kappa shape index (κ1) is 18.5. The van der Waals surface area contributed by atoms with Gasteiger partial charge < -0.3 is 19.7 Å². The van der Waals surface area contributed by atoms with E-state index in [0.717, 1.165) is 16.9 Å². The highest BCUT2D eigenvalue weighted by molar-refractivity contribution is 7.09. The molecule has 0 saturated heterocycles. The van der Waals surface area contributed by atoms with E-state index in [1.54, 1.807) is 12.1 Å². The average Bonchev–Trinajstić information content (AvgIpc) is 2.97.